The molecule has 0 bridgehead atoms. The van der Waals surface area contributed by atoms with Crippen LogP contribution in [0.25, 0.3) is 0 Å². The molecule has 72 valence electrons. The van der Waals surface area contributed by atoms with Gasteiger partial charge in [0.1, 0.15) is 0 Å². The Morgan fingerprint density at radius 2 is 1.83 bits per heavy atom. The summed E-state index contributed by atoms with van der Waals surface area (Å²) in [5.41, 5.74) is 0. The fourth-order valence-electron chi connectivity index (χ4n) is 1.47. The van der Waals surface area contributed by atoms with Gasteiger partial charge >= 0.3 is 0 Å². The summed E-state index contributed by atoms with van der Waals surface area (Å²) in [5.74, 6) is 0.563. The molecule has 3 unspecified atom stereocenters. The third-order valence-corrected chi connectivity index (χ3v) is 5.15. The highest BCUT2D eigenvalue weighted by molar-refractivity contribution is 7.92. The largest absolute Gasteiger partial charge is 0.313 e. The minimum Gasteiger partial charge on any atom is -0.313 e. The molecule has 1 N–H and O–H groups in total. The summed E-state index contributed by atoms with van der Waals surface area (Å²) in [6, 6.07) is 0.0833. The van der Waals surface area contributed by atoms with E-state index >= 15 is 0 Å². The molecule has 1 aliphatic heterocycles. The van der Waals surface area contributed by atoms with E-state index in [4.69, 9.17) is 0 Å². The summed E-state index contributed by atoms with van der Waals surface area (Å²) in [5, 5.41) is 2.97. The Hall–Kier alpha value is -0.0900. The van der Waals surface area contributed by atoms with E-state index in [0.29, 0.717) is 5.75 Å². The normalized spacial score (nSPS) is 42.1. The maximum Gasteiger partial charge on any atom is 0.154 e. The van der Waals surface area contributed by atoms with E-state index in [2.05, 4.69) is 5.32 Å². The molecule has 0 amide bonds. The van der Waals surface area contributed by atoms with E-state index in [0.717, 1.165) is 6.54 Å². The van der Waals surface area contributed by atoms with Gasteiger partial charge < -0.3 is 5.32 Å². The van der Waals surface area contributed by atoms with E-state index in [-0.39, 0.29) is 17.2 Å². The second-order valence-corrected chi connectivity index (χ2v) is 6.24. The second kappa shape index (κ2) is 3.34. The summed E-state index contributed by atoms with van der Waals surface area (Å²) < 4.78 is 23.2. The van der Waals surface area contributed by atoms with E-state index in [1.165, 1.54) is 0 Å². The molecular formula is C8H17NO2S. The van der Waals surface area contributed by atoms with Gasteiger partial charge in [0.15, 0.2) is 9.84 Å². The summed E-state index contributed by atoms with van der Waals surface area (Å²) in [7, 11) is -2.86. The molecule has 1 saturated heterocycles. The second-order valence-electron chi connectivity index (χ2n) is 3.84. The van der Waals surface area contributed by atoms with Crippen LogP contribution in [0.5, 0.6) is 0 Å². The lowest BCUT2D eigenvalue weighted by Crippen LogP contribution is -2.37. The Labute approximate surface area is 74.5 Å². The van der Waals surface area contributed by atoms with Crippen LogP contribution in [0, 0.1) is 5.92 Å². The molecule has 4 heteroatoms. The SMILES string of the molecule is CC1CNC(C)C(C)S(=O)(=O)C1. The van der Waals surface area contributed by atoms with E-state index in [1.54, 1.807) is 6.92 Å². The van der Waals surface area contributed by atoms with Crippen LogP contribution in [0.3, 0.4) is 0 Å². The minimum atomic E-state index is -2.86. The average molecular weight is 191 g/mol. The van der Waals surface area contributed by atoms with Gasteiger partial charge in [0.2, 0.25) is 0 Å². The first-order valence-corrected chi connectivity index (χ1v) is 6.10. The lowest BCUT2D eigenvalue weighted by atomic mass is 10.2. The molecule has 1 aliphatic rings. The Morgan fingerprint density at radius 3 is 2.42 bits per heavy atom. The van der Waals surface area contributed by atoms with Crippen LogP contribution in [0.4, 0.5) is 0 Å². The molecule has 0 radical (unpaired) electrons. The summed E-state index contributed by atoms with van der Waals surface area (Å²) in [4.78, 5) is 0. The highest BCUT2D eigenvalue weighted by Gasteiger charge is 2.31. The molecule has 0 saturated carbocycles. The average Bonchev–Trinajstić information content (AvgIpc) is 2.03. The van der Waals surface area contributed by atoms with Crippen LogP contribution >= 0.6 is 0 Å². The van der Waals surface area contributed by atoms with Gasteiger partial charge in [0.25, 0.3) is 0 Å². The summed E-state index contributed by atoms with van der Waals surface area (Å²) in [6.07, 6.45) is 0. The van der Waals surface area contributed by atoms with Crippen molar-refractivity contribution in [1.82, 2.24) is 5.32 Å². The maximum absolute atomic E-state index is 11.6. The fraction of sp³-hybridized carbons (Fsp3) is 1.00. The number of sulfone groups is 1. The maximum atomic E-state index is 11.6. The van der Waals surface area contributed by atoms with Gasteiger partial charge in [-0.2, -0.15) is 0 Å². The lowest BCUT2D eigenvalue weighted by Gasteiger charge is -2.16. The zero-order valence-corrected chi connectivity index (χ0v) is 8.69. The van der Waals surface area contributed by atoms with Crippen LogP contribution in [-0.2, 0) is 9.84 Å². The van der Waals surface area contributed by atoms with Gasteiger partial charge in [-0.25, -0.2) is 8.42 Å². The Balaban J connectivity index is 2.87. The molecule has 0 aromatic heterocycles. The zero-order valence-electron chi connectivity index (χ0n) is 7.87. The first-order valence-electron chi connectivity index (χ1n) is 4.38. The molecule has 12 heavy (non-hydrogen) atoms. The molecule has 3 atom stereocenters. The molecule has 0 aromatic rings. The molecule has 1 rings (SSSR count). The quantitative estimate of drug-likeness (QED) is 0.603. The monoisotopic (exact) mass is 191 g/mol. The molecular weight excluding hydrogens is 174 g/mol. The van der Waals surface area contributed by atoms with Crippen LogP contribution in [0.1, 0.15) is 20.8 Å². The van der Waals surface area contributed by atoms with Crippen molar-refractivity contribution in [2.45, 2.75) is 32.1 Å². The number of hydrogen-bond donors (Lipinski definition) is 1. The van der Waals surface area contributed by atoms with Gasteiger partial charge in [0.05, 0.1) is 11.0 Å². The van der Waals surface area contributed by atoms with Gasteiger partial charge in [-0.05, 0) is 26.3 Å². The molecule has 3 nitrogen and oxygen atoms in total. The third-order valence-electron chi connectivity index (χ3n) is 2.58. The number of rotatable bonds is 0. The van der Waals surface area contributed by atoms with Crippen molar-refractivity contribution in [1.29, 1.82) is 0 Å². The van der Waals surface area contributed by atoms with Crippen molar-refractivity contribution in [3.63, 3.8) is 0 Å². The minimum absolute atomic E-state index is 0.0833. The van der Waals surface area contributed by atoms with Crippen molar-refractivity contribution in [3.05, 3.63) is 0 Å². The topological polar surface area (TPSA) is 46.2 Å². The third kappa shape index (κ3) is 1.98. The molecule has 0 aliphatic carbocycles. The van der Waals surface area contributed by atoms with Crippen molar-refractivity contribution in [2.75, 3.05) is 12.3 Å². The van der Waals surface area contributed by atoms with Crippen molar-refractivity contribution < 1.29 is 8.42 Å². The molecule has 0 aromatic carbocycles. The van der Waals surface area contributed by atoms with Crippen molar-refractivity contribution in [2.24, 2.45) is 5.92 Å². The standard InChI is InChI=1S/C8H17NO2S/c1-6-4-9-7(2)8(3)12(10,11)5-6/h6-9H,4-5H2,1-3H3. The molecule has 1 heterocycles. The Morgan fingerprint density at radius 1 is 1.25 bits per heavy atom. The van der Waals surface area contributed by atoms with Crippen LogP contribution in [0.15, 0.2) is 0 Å². The Kier molecular flexibility index (Phi) is 2.78. The van der Waals surface area contributed by atoms with Crippen LogP contribution in [0.2, 0.25) is 0 Å². The van der Waals surface area contributed by atoms with Crippen molar-refractivity contribution >= 4 is 9.84 Å². The zero-order chi connectivity index (χ0) is 9.35. The molecule has 0 spiro atoms. The van der Waals surface area contributed by atoms with Gasteiger partial charge in [-0.1, -0.05) is 6.92 Å². The molecule has 1 fully saturated rings. The van der Waals surface area contributed by atoms with Crippen LogP contribution in [-0.4, -0.2) is 32.0 Å². The predicted octanol–water partition coefficient (Wildman–Crippen LogP) is 0.417. The first-order chi connectivity index (χ1) is 5.43. The van der Waals surface area contributed by atoms with Crippen LogP contribution < -0.4 is 5.32 Å². The highest BCUT2D eigenvalue weighted by atomic mass is 32.2. The summed E-state index contributed by atoms with van der Waals surface area (Å²) in [6.45, 7) is 6.49. The van der Waals surface area contributed by atoms with Gasteiger partial charge in [-0.15, -0.1) is 0 Å². The predicted molar refractivity (Wildman–Crippen MR) is 49.9 cm³/mol. The first kappa shape index (κ1) is 9.99. The van der Waals surface area contributed by atoms with Gasteiger partial charge in [0, 0.05) is 6.04 Å². The Bertz CT molecular complexity index is 248. The fourth-order valence-corrected chi connectivity index (χ4v) is 3.40. The van der Waals surface area contributed by atoms with E-state index < -0.39 is 9.84 Å². The lowest BCUT2D eigenvalue weighted by molar-refractivity contribution is 0.498. The highest BCUT2D eigenvalue weighted by Crippen LogP contribution is 2.14. The number of nitrogens with one attached hydrogen (secondary N) is 1. The summed E-state index contributed by atoms with van der Waals surface area (Å²) >= 11 is 0. The van der Waals surface area contributed by atoms with E-state index in [9.17, 15) is 8.42 Å². The van der Waals surface area contributed by atoms with E-state index in [1.807, 2.05) is 13.8 Å². The smallest absolute Gasteiger partial charge is 0.154 e. The number of hydrogen-bond acceptors (Lipinski definition) is 3. The van der Waals surface area contributed by atoms with Crippen molar-refractivity contribution in [3.8, 4) is 0 Å². The van der Waals surface area contributed by atoms with Gasteiger partial charge in [-0.3, -0.25) is 0 Å².